The molecule has 2 aromatic heterocycles. The zero-order valence-electron chi connectivity index (χ0n) is 16.9. The second-order valence-electron chi connectivity index (χ2n) is 6.73. The maximum atomic E-state index is 6.34. The molecule has 1 atom stereocenters. The number of nitrogens with zero attached hydrogens (tertiary/aromatic N) is 6. The molecule has 4 rings (SSSR count). The molecule has 8 nitrogen and oxygen atoms in total. The Balaban J connectivity index is 1.48. The molecule has 2 aromatic carbocycles. The van der Waals surface area contributed by atoms with Crippen LogP contribution in [0, 0.1) is 0 Å². The lowest BCUT2D eigenvalue weighted by Gasteiger charge is -2.16. The lowest BCUT2D eigenvalue weighted by Crippen LogP contribution is -2.20. The van der Waals surface area contributed by atoms with E-state index in [1.165, 1.54) is 0 Å². The molecule has 0 bridgehead atoms. The van der Waals surface area contributed by atoms with Crippen molar-refractivity contribution in [2.24, 2.45) is 0 Å². The highest BCUT2D eigenvalue weighted by atomic mass is 35.5. The molecule has 0 aliphatic rings. The summed E-state index contributed by atoms with van der Waals surface area (Å²) in [5.41, 5.74) is 2.74. The number of thioether (sulfide) groups is 1. The van der Waals surface area contributed by atoms with Gasteiger partial charge in [-0.25, -0.2) is 14.6 Å². The minimum absolute atomic E-state index is 0.171. The van der Waals surface area contributed by atoms with E-state index in [-0.39, 0.29) is 6.10 Å². The largest absolute Gasteiger partial charge is 0.487 e. The number of halogens is 1. The number of aromatic nitrogens is 6. The van der Waals surface area contributed by atoms with Crippen LogP contribution in [0.1, 0.15) is 6.92 Å². The quantitative estimate of drug-likeness (QED) is 0.383. The number of hydrogen-bond donors (Lipinski definition) is 1. The topological polar surface area (TPSA) is 90.6 Å². The van der Waals surface area contributed by atoms with Crippen molar-refractivity contribution in [3.63, 3.8) is 0 Å². The fourth-order valence-corrected chi connectivity index (χ4v) is 3.68. The van der Waals surface area contributed by atoms with Crippen LogP contribution in [0.5, 0.6) is 5.75 Å². The van der Waals surface area contributed by atoms with E-state index in [0.29, 0.717) is 23.3 Å². The Bertz CT molecular complexity index is 1140. The van der Waals surface area contributed by atoms with Crippen molar-refractivity contribution >= 4 is 35.0 Å². The molecule has 0 aliphatic heterocycles. The van der Waals surface area contributed by atoms with Gasteiger partial charge in [-0.1, -0.05) is 29.8 Å². The fourth-order valence-electron chi connectivity index (χ4n) is 2.96. The molecule has 0 fully saturated rings. The molecule has 10 heteroatoms. The van der Waals surface area contributed by atoms with Gasteiger partial charge in [-0.05, 0) is 53.4 Å². The molecule has 1 unspecified atom stereocenters. The van der Waals surface area contributed by atoms with Gasteiger partial charge in [0.2, 0.25) is 5.95 Å². The highest BCUT2D eigenvalue weighted by molar-refractivity contribution is 7.98. The number of nitrogens with one attached hydrogen (secondary N) is 1. The van der Waals surface area contributed by atoms with Crippen molar-refractivity contribution < 1.29 is 4.74 Å². The maximum absolute atomic E-state index is 6.34. The smallest absolute Gasteiger partial charge is 0.227 e. The second-order valence-corrected chi connectivity index (χ2v) is 7.98. The van der Waals surface area contributed by atoms with E-state index in [4.69, 9.17) is 16.3 Å². The van der Waals surface area contributed by atoms with Gasteiger partial charge in [0, 0.05) is 22.9 Å². The first-order valence-corrected chi connectivity index (χ1v) is 11.1. The van der Waals surface area contributed by atoms with Gasteiger partial charge in [0.05, 0.1) is 17.3 Å². The SMILES string of the molecule is CSc1ccccc1Nc1ncc(-c2ccc(Cl)c(OC(C)Cn3cnnn3)c2)cn1. The molecule has 4 aromatic rings. The van der Waals surface area contributed by atoms with Crippen LogP contribution in [0.3, 0.4) is 0 Å². The first-order valence-electron chi connectivity index (χ1n) is 9.52. The molecule has 0 amide bonds. The van der Waals surface area contributed by atoms with E-state index in [1.807, 2.05) is 43.5 Å². The average Bonchev–Trinajstić information content (AvgIpc) is 3.29. The molecule has 0 saturated heterocycles. The van der Waals surface area contributed by atoms with Crippen LogP contribution in [0.15, 0.2) is 66.1 Å². The van der Waals surface area contributed by atoms with Crippen molar-refractivity contribution in [2.45, 2.75) is 24.5 Å². The predicted octanol–water partition coefficient (Wildman–Crippen LogP) is 4.72. The summed E-state index contributed by atoms with van der Waals surface area (Å²) >= 11 is 8.00. The Morgan fingerprint density at radius 1 is 1.13 bits per heavy atom. The van der Waals surface area contributed by atoms with Crippen LogP contribution >= 0.6 is 23.4 Å². The van der Waals surface area contributed by atoms with Crippen LogP contribution in [-0.4, -0.2) is 42.5 Å². The molecule has 0 spiro atoms. The molecule has 2 heterocycles. The minimum Gasteiger partial charge on any atom is -0.487 e. The minimum atomic E-state index is -0.171. The van der Waals surface area contributed by atoms with Crippen molar-refractivity contribution in [1.29, 1.82) is 0 Å². The average molecular weight is 454 g/mol. The summed E-state index contributed by atoms with van der Waals surface area (Å²) in [6.07, 6.45) is 6.95. The van der Waals surface area contributed by atoms with Gasteiger partial charge in [-0.3, -0.25) is 0 Å². The summed E-state index contributed by atoms with van der Waals surface area (Å²) in [5.74, 6) is 1.11. The molecular formula is C21H20ClN7OS. The predicted molar refractivity (Wildman–Crippen MR) is 122 cm³/mol. The lowest BCUT2D eigenvalue weighted by atomic mass is 10.1. The van der Waals surface area contributed by atoms with Crippen LogP contribution in [0.2, 0.25) is 5.02 Å². The Hall–Kier alpha value is -3.17. The number of benzene rings is 2. The number of rotatable bonds is 8. The zero-order valence-corrected chi connectivity index (χ0v) is 18.5. The summed E-state index contributed by atoms with van der Waals surface area (Å²) < 4.78 is 7.61. The van der Waals surface area contributed by atoms with Gasteiger partial charge in [-0.15, -0.1) is 16.9 Å². The van der Waals surface area contributed by atoms with E-state index in [2.05, 4.69) is 36.9 Å². The summed E-state index contributed by atoms with van der Waals surface area (Å²) in [6.45, 7) is 2.44. The third kappa shape index (κ3) is 5.31. The van der Waals surface area contributed by atoms with Gasteiger partial charge in [0.25, 0.3) is 0 Å². The summed E-state index contributed by atoms with van der Waals surface area (Å²) in [5, 5.41) is 14.9. The van der Waals surface area contributed by atoms with Gasteiger partial charge in [0.15, 0.2) is 0 Å². The van der Waals surface area contributed by atoms with Gasteiger partial charge < -0.3 is 10.1 Å². The van der Waals surface area contributed by atoms with Gasteiger partial charge in [-0.2, -0.15) is 0 Å². The summed E-state index contributed by atoms with van der Waals surface area (Å²) in [7, 11) is 0. The number of para-hydroxylation sites is 1. The number of anilines is 2. The second kappa shape index (κ2) is 9.76. The van der Waals surface area contributed by atoms with E-state index < -0.39 is 0 Å². The normalized spacial score (nSPS) is 11.8. The molecule has 1 N–H and O–H groups in total. The first kappa shape index (κ1) is 21.1. The highest BCUT2D eigenvalue weighted by Crippen LogP contribution is 2.32. The van der Waals surface area contributed by atoms with Crippen molar-refractivity contribution in [1.82, 2.24) is 30.2 Å². The molecular weight excluding hydrogens is 434 g/mol. The zero-order chi connectivity index (χ0) is 21.6. The van der Waals surface area contributed by atoms with Crippen LogP contribution in [-0.2, 0) is 6.54 Å². The van der Waals surface area contributed by atoms with E-state index in [9.17, 15) is 0 Å². The highest BCUT2D eigenvalue weighted by Gasteiger charge is 2.12. The first-order chi connectivity index (χ1) is 15.1. The number of hydrogen-bond acceptors (Lipinski definition) is 8. The maximum Gasteiger partial charge on any atom is 0.227 e. The van der Waals surface area contributed by atoms with E-state index in [1.54, 1.807) is 41.2 Å². The van der Waals surface area contributed by atoms with Crippen LogP contribution in [0.25, 0.3) is 11.1 Å². The number of tetrazole rings is 1. The van der Waals surface area contributed by atoms with Crippen molar-refractivity contribution in [2.75, 3.05) is 11.6 Å². The van der Waals surface area contributed by atoms with E-state index in [0.717, 1.165) is 21.7 Å². The van der Waals surface area contributed by atoms with Crippen molar-refractivity contribution in [3.05, 3.63) is 66.2 Å². The van der Waals surface area contributed by atoms with E-state index >= 15 is 0 Å². The Morgan fingerprint density at radius 3 is 2.68 bits per heavy atom. The van der Waals surface area contributed by atoms with Crippen molar-refractivity contribution in [3.8, 4) is 16.9 Å². The summed E-state index contributed by atoms with van der Waals surface area (Å²) in [6, 6.07) is 13.6. The molecule has 0 radical (unpaired) electrons. The van der Waals surface area contributed by atoms with Gasteiger partial charge in [0.1, 0.15) is 18.2 Å². The summed E-state index contributed by atoms with van der Waals surface area (Å²) in [4.78, 5) is 10.0. The standard InChI is InChI=1S/C21H20ClN7OS/c1-14(12-29-13-25-27-28-29)30-19-9-15(7-8-17(19)22)16-10-23-21(24-11-16)26-18-5-3-4-6-20(18)31-2/h3-11,13-14H,12H2,1-2H3,(H,23,24,26). The Morgan fingerprint density at radius 2 is 1.94 bits per heavy atom. The van der Waals surface area contributed by atoms with Crippen LogP contribution in [0.4, 0.5) is 11.6 Å². The van der Waals surface area contributed by atoms with Gasteiger partial charge >= 0.3 is 0 Å². The lowest BCUT2D eigenvalue weighted by molar-refractivity contribution is 0.193. The molecule has 31 heavy (non-hydrogen) atoms. The van der Waals surface area contributed by atoms with Crippen LogP contribution < -0.4 is 10.1 Å². The Kier molecular flexibility index (Phi) is 6.63. The third-order valence-corrected chi connectivity index (χ3v) is 5.54. The molecule has 158 valence electrons. The Labute approximate surface area is 189 Å². The third-order valence-electron chi connectivity index (χ3n) is 4.43. The number of ether oxygens (including phenoxy) is 1. The monoisotopic (exact) mass is 453 g/mol. The fraction of sp³-hybridized carbons (Fsp3) is 0.190. The molecule has 0 aliphatic carbocycles. The molecule has 0 saturated carbocycles.